The van der Waals surface area contributed by atoms with Crippen molar-refractivity contribution in [3.8, 4) is 0 Å². The second-order valence-corrected chi connectivity index (χ2v) is 7.06. The zero-order valence-corrected chi connectivity index (χ0v) is 15.9. The molecule has 0 aromatic heterocycles. The van der Waals surface area contributed by atoms with Gasteiger partial charge >= 0.3 is 0 Å². The molecule has 2 aromatic carbocycles. The quantitative estimate of drug-likeness (QED) is 0.751. The van der Waals surface area contributed by atoms with Crippen LogP contribution < -0.4 is 0 Å². The van der Waals surface area contributed by atoms with E-state index >= 15 is 0 Å². The van der Waals surface area contributed by atoms with Gasteiger partial charge in [0.1, 0.15) is 5.82 Å². The van der Waals surface area contributed by atoms with Gasteiger partial charge in [-0.05, 0) is 30.2 Å². The summed E-state index contributed by atoms with van der Waals surface area (Å²) in [6.07, 6.45) is 0.360. The summed E-state index contributed by atoms with van der Waals surface area (Å²) in [5, 5.41) is 0. The molecular weight excluding hydrogens is 343 g/mol. The van der Waals surface area contributed by atoms with Gasteiger partial charge in [-0.2, -0.15) is 0 Å². The molecule has 1 amide bonds. The van der Waals surface area contributed by atoms with E-state index in [4.69, 9.17) is 4.74 Å². The van der Waals surface area contributed by atoms with Crippen LogP contribution in [0.4, 0.5) is 4.39 Å². The second-order valence-electron chi connectivity index (χ2n) is 7.06. The van der Waals surface area contributed by atoms with Crippen molar-refractivity contribution < 1.29 is 13.9 Å². The molecule has 1 saturated heterocycles. The van der Waals surface area contributed by atoms with Gasteiger partial charge in [-0.15, -0.1) is 0 Å². The van der Waals surface area contributed by atoms with Gasteiger partial charge in [0.15, 0.2) is 0 Å². The van der Waals surface area contributed by atoms with Gasteiger partial charge in [-0.1, -0.05) is 42.0 Å². The molecule has 1 aliphatic heterocycles. The predicted octanol–water partition coefficient (Wildman–Crippen LogP) is 3.04. The molecule has 1 fully saturated rings. The average Bonchev–Trinajstić information content (AvgIpc) is 2.68. The van der Waals surface area contributed by atoms with Crippen molar-refractivity contribution in [2.24, 2.45) is 0 Å². The lowest BCUT2D eigenvalue weighted by molar-refractivity contribution is -0.131. The van der Waals surface area contributed by atoms with E-state index < -0.39 is 0 Å². The molecule has 2 aromatic rings. The number of carbonyl (C=O) groups is 1. The highest BCUT2D eigenvalue weighted by Crippen LogP contribution is 2.11. The molecular formula is C22H27FN2O2. The van der Waals surface area contributed by atoms with Gasteiger partial charge < -0.3 is 9.64 Å². The summed E-state index contributed by atoms with van der Waals surface area (Å²) in [7, 11) is 0. The number of morpholine rings is 1. The Morgan fingerprint density at radius 1 is 1.11 bits per heavy atom. The number of nitrogens with zero attached hydrogens (tertiary/aromatic N) is 2. The third-order valence-electron chi connectivity index (χ3n) is 4.88. The monoisotopic (exact) mass is 370 g/mol. The minimum atomic E-state index is -0.272. The number of amides is 1. The van der Waals surface area contributed by atoms with Crippen molar-refractivity contribution in [2.75, 3.05) is 39.4 Å². The van der Waals surface area contributed by atoms with Crippen LogP contribution in [0.1, 0.15) is 16.7 Å². The van der Waals surface area contributed by atoms with Crippen molar-refractivity contribution in [3.63, 3.8) is 0 Å². The van der Waals surface area contributed by atoms with Crippen LogP contribution in [0.25, 0.3) is 0 Å². The average molecular weight is 370 g/mol. The number of halogens is 1. The van der Waals surface area contributed by atoms with Gasteiger partial charge in [0.05, 0.1) is 19.6 Å². The predicted molar refractivity (Wildman–Crippen MR) is 104 cm³/mol. The summed E-state index contributed by atoms with van der Waals surface area (Å²) in [4.78, 5) is 17.1. The molecule has 0 saturated carbocycles. The molecule has 1 aliphatic rings. The molecule has 0 bridgehead atoms. The number of ether oxygens (including phenoxy) is 1. The molecule has 0 radical (unpaired) electrons. The maximum Gasteiger partial charge on any atom is 0.227 e. The minimum Gasteiger partial charge on any atom is -0.379 e. The normalized spacial score (nSPS) is 14.9. The number of rotatable bonds is 7. The largest absolute Gasteiger partial charge is 0.379 e. The van der Waals surface area contributed by atoms with E-state index in [9.17, 15) is 9.18 Å². The summed E-state index contributed by atoms with van der Waals surface area (Å²) in [5.41, 5.74) is 2.99. The summed E-state index contributed by atoms with van der Waals surface area (Å²) in [5.74, 6) is -0.206. The zero-order chi connectivity index (χ0) is 19.1. The lowest BCUT2D eigenvalue weighted by Crippen LogP contribution is -2.43. The second kappa shape index (κ2) is 9.62. The van der Waals surface area contributed by atoms with Gasteiger partial charge in [0, 0.05) is 32.7 Å². The first-order chi connectivity index (χ1) is 13.1. The lowest BCUT2D eigenvalue weighted by Gasteiger charge is -2.30. The molecule has 3 rings (SSSR count). The highest BCUT2D eigenvalue weighted by atomic mass is 19.1. The molecule has 0 aliphatic carbocycles. The number of hydrogen-bond acceptors (Lipinski definition) is 3. The van der Waals surface area contributed by atoms with Crippen molar-refractivity contribution >= 4 is 5.91 Å². The number of hydrogen-bond donors (Lipinski definition) is 0. The van der Waals surface area contributed by atoms with Crippen molar-refractivity contribution in [1.82, 2.24) is 9.80 Å². The summed E-state index contributed by atoms with van der Waals surface area (Å²) in [6, 6.07) is 14.5. The lowest BCUT2D eigenvalue weighted by atomic mass is 10.1. The Morgan fingerprint density at radius 3 is 2.56 bits per heavy atom. The van der Waals surface area contributed by atoms with E-state index in [1.165, 1.54) is 17.7 Å². The van der Waals surface area contributed by atoms with E-state index in [0.29, 0.717) is 19.5 Å². The first-order valence-electron chi connectivity index (χ1n) is 9.48. The van der Waals surface area contributed by atoms with Crippen LogP contribution in [-0.4, -0.2) is 55.1 Å². The van der Waals surface area contributed by atoms with Crippen LogP contribution in [0.15, 0.2) is 48.5 Å². The molecule has 0 spiro atoms. The van der Waals surface area contributed by atoms with Gasteiger partial charge in [-0.25, -0.2) is 4.39 Å². The van der Waals surface area contributed by atoms with Gasteiger partial charge in [0.2, 0.25) is 5.91 Å². The van der Waals surface area contributed by atoms with Crippen LogP contribution in [0.3, 0.4) is 0 Å². The summed E-state index contributed by atoms with van der Waals surface area (Å²) in [6.45, 7) is 7.14. The molecule has 0 atom stereocenters. The Kier molecular flexibility index (Phi) is 6.96. The van der Waals surface area contributed by atoms with E-state index in [0.717, 1.165) is 44.0 Å². The maximum absolute atomic E-state index is 13.6. The number of carbonyl (C=O) groups excluding carboxylic acids is 1. The summed E-state index contributed by atoms with van der Waals surface area (Å²) >= 11 is 0. The SMILES string of the molecule is Cc1ccc(CC(=O)N(CCN2CCOCC2)Cc2cccc(F)c2)cc1. The highest BCUT2D eigenvalue weighted by molar-refractivity contribution is 5.78. The van der Waals surface area contributed by atoms with E-state index in [1.807, 2.05) is 42.2 Å². The van der Waals surface area contributed by atoms with Crippen LogP contribution >= 0.6 is 0 Å². The number of benzene rings is 2. The third-order valence-corrected chi connectivity index (χ3v) is 4.88. The Balaban J connectivity index is 1.66. The molecule has 144 valence electrons. The van der Waals surface area contributed by atoms with Crippen molar-refractivity contribution in [3.05, 3.63) is 71.0 Å². The Labute approximate surface area is 160 Å². The van der Waals surface area contributed by atoms with Crippen LogP contribution in [0, 0.1) is 12.7 Å². The van der Waals surface area contributed by atoms with Gasteiger partial charge in [-0.3, -0.25) is 9.69 Å². The fourth-order valence-electron chi connectivity index (χ4n) is 3.23. The Morgan fingerprint density at radius 2 is 1.85 bits per heavy atom. The van der Waals surface area contributed by atoms with Crippen LogP contribution in [0.2, 0.25) is 0 Å². The van der Waals surface area contributed by atoms with Crippen LogP contribution in [0.5, 0.6) is 0 Å². The summed E-state index contributed by atoms with van der Waals surface area (Å²) < 4.78 is 18.9. The standard InChI is InChI=1S/C22H27FN2O2/c1-18-5-7-19(8-6-18)16-22(26)25(10-9-24-11-13-27-14-12-24)17-20-3-2-4-21(23)15-20/h2-8,15H,9-14,16-17H2,1H3. The maximum atomic E-state index is 13.6. The minimum absolute atomic E-state index is 0.0661. The van der Waals surface area contributed by atoms with E-state index in [2.05, 4.69) is 4.90 Å². The zero-order valence-electron chi connectivity index (χ0n) is 15.9. The molecule has 5 heteroatoms. The highest BCUT2D eigenvalue weighted by Gasteiger charge is 2.18. The van der Waals surface area contributed by atoms with Crippen molar-refractivity contribution in [2.45, 2.75) is 19.9 Å². The fourth-order valence-corrected chi connectivity index (χ4v) is 3.23. The topological polar surface area (TPSA) is 32.8 Å². The van der Waals surface area contributed by atoms with Gasteiger partial charge in [0.25, 0.3) is 0 Å². The van der Waals surface area contributed by atoms with Crippen LogP contribution in [-0.2, 0) is 22.5 Å². The Hall–Kier alpha value is -2.24. The molecule has 1 heterocycles. The third kappa shape index (κ3) is 6.15. The Bertz CT molecular complexity index is 742. The van der Waals surface area contributed by atoms with Crippen molar-refractivity contribution in [1.29, 1.82) is 0 Å². The molecule has 4 nitrogen and oxygen atoms in total. The number of aryl methyl sites for hydroxylation is 1. The molecule has 0 unspecified atom stereocenters. The smallest absolute Gasteiger partial charge is 0.227 e. The fraction of sp³-hybridized carbons (Fsp3) is 0.409. The first-order valence-corrected chi connectivity index (χ1v) is 9.48. The van der Waals surface area contributed by atoms with E-state index in [1.54, 1.807) is 6.07 Å². The molecule has 0 N–H and O–H groups in total. The molecule has 27 heavy (non-hydrogen) atoms. The first kappa shape index (κ1) is 19.5. The van der Waals surface area contributed by atoms with E-state index in [-0.39, 0.29) is 11.7 Å².